The van der Waals surface area contributed by atoms with Crippen molar-refractivity contribution in [2.45, 2.75) is 38.1 Å². The van der Waals surface area contributed by atoms with Crippen molar-refractivity contribution >= 4 is 11.3 Å². The van der Waals surface area contributed by atoms with Crippen LogP contribution < -0.4 is 5.73 Å². The first-order valence-electron chi connectivity index (χ1n) is 4.46. The molecule has 1 aliphatic carbocycles. The Labute approximate surface area is 77.6 Å². The van der Waals surface area contributed by atoms with Gasteiger partial charge < -0.3 is 5.73 Å². The standard InChI is InChI=1S/C10H15NS/c1-7-5-9(12-6-7)10(3-4-10)8(2)11/h5-6,8H,3-4,11H2,1-2H3. The third-order valence-electron chi connectivity index (χ3n) is 2.88. The average molecular weight is 181 g/mol. The van der Waals surface area contributed by atoms with E-state index in [-0.39, 0.29) is 0 Å². The molecule has 0 bridgehead atoms. The normalized spacial score (nSPS) is 22.2. The third kappa shape index (κ3) is 1.10. The van der Waals surface area contributed by atoms with Crippen LogP contribution in [0.4, 0.5) is 0 Å². The summed E-state index contributed by atoms with van der Waals surface area (Å²) in [6.45, 7) is 4.28. The van der Waals surface area contributed by atoms with Crippen LogP contribution in [0.5, 0.6) is 0 Å². The SMILES string of the molecule is Cc1csc(C2(C(C)N)CC2)c1. The summed E-state index contributed by atoms with van der Waals surface area (Å²) in [5.74, 6) is 0. The molecule has 0 spiro atoms. The van der Waals surface area contributed by atoms with Gasteiger partial charge in [-0.3, -0.25) is 0 Å². The van der Waals surface area contributed by atoms with Crippen molar-refractivity contribution in [3.8, 4) is 0 Å². The Kier molecular flexibility index (Phi) is 1.77. The van der Waals surface area contributed by atoms with Crippen LogP contribution in [0.3, 0.4) is 0 Å². The molecule has 1 atom stereocenters. The second kappa shape index (κ2) is 2.57. The zero-order valence-corrected chi connectivity index (χ0v) is 8.45. The van der Waals surface area contributed by atoms with E-state index in [1.807, 2.05) is 11.3 Å². The van der Waals surface area contributed by atoms with E-state index in [2.05, 4.69) is 25.3 Å². The molecule has 0 aliphatic heterocycles. The molecule has 2 heteroatoms. The van der Waals surface area contributed by atoms with Gasteiger partial charge in [-0.15, -0.1) is 11.3 Å². The molecule has 0 amide bonds. The third-order valence-corrected chi connectivity index (χ3v) is 4.15. The van der Waals surface area contributed by atoms with E-state index in [0.29, 0.717) is 11.5 Å². The van der Waals surface area contributed by atoms with Gasteiger partial charge in [0.2, 0.25) is 0 Å². The van der Waals surface area contributed by atoms with Crippen molar-refractivity contribution in [1.82, 2.24) is 0 Å². The summed E-state index contributed by atoms with van der Waals surface area (Å²) >= 11 is 1.87. The van der Waals surface area contributed by atoms with Gasteiger partial charge in [0.15, 0.2) is 0 Å². The van der Waals surface area contributed by atoms with Gasteiger partial charge in [0, 0.05) is 16.3 Å². The van der Waals surface area contributed by atoms with Crippen molar-refractivity contribution in [2.75, 3.05) is 0 Å². The second-order valence-electron chi connectivity index (χ2n) is 3.93. The number of nitrogens with two attached hydrogens (primary N) is 1. The lowest BCUT2D eigenvalue weighted by molar-refractivity contribution is 0.565. The summed E-state index contributed by atoms with van der Waals surface area (Å²) in [7, 11) is 0. The molecular weight excluding hydrogens is 166 g/mol. The van der Waals surface area contributed by atoms with Crippen LogP contribution in [0.15, 0.2) is 11.4 Å². The first-order valence-corrected chi connectivity index (χ1v) is 5.34. The maximum absolute atomic E-state index is 5.98. The summed E-state index contributed by atoms with van der Waals surface area (Å²) in [4.78, 5) is 1.50. The van der Waals surface area contributed by atoms with Crippen molar-refractivity contribution in [3.63, 3.8) is 0 Å². The van der Waals surface area contributed by atoms with Crippen LogP contribution in [0.2, 0.25) is 0 Å². The van der Waals surface area contributed by atoms with Crippen LogP contribution in [-0.4, -0.2) is 6.04 Å². The lowest BCUT2D eigenvalue weighted by Crippen LogP contribution is -2.30. The van der Waals surface area contributed by atoms with E-state index in [1.54, 1.807) is 0 Å². The molecule has 1 nitrogen and oxygen atoms in total. The summed E-state index contributed by atoms with van der Waals surface area (Å²) in [6.07, 6.45) is 2.56. The molecule has 1 aromatic heterocycles. The summed E-state index contributed by atoms with van der Waals surface area (Å²) in [5, 5.41) is 2.22. The molecule has 2 rings (SSSR count). The predicted octanol–water partition coefficient (Wildman–Crippen LogP) is 2.44. The van der Waals surface area contributed by atoms with Crippen LogP contribution in [-0.2, 0) is 5.41 Å². The van der Waals surface area contributed by atoms with Gasteiger partial charge in [-0.1, -0.05) is 0 Å². The molecule has 1 aliphatic rings. The molecule has 66 valence electrons. The minimum absolute atomic E-state index is 0.315. The van der Waals surface area contributed by atoms with Crippen LogP contribution in [0, 0.1) is 6.92 Å². The fourth-order valence-electron chi connectivity index (χ4n) is 1.75. The molecule has 1 heterocycles. The molecule has 12 heavy (non-hydrogen) atoms. The molecular formula is C10H15NS. The van der Waals surface area contributed by atoms with Crippen LogP contribution in [0.25, 0.3) is 0 Å². The largest absolute Gasteiger partial charge is 0.327 e. The van der Waals surface area contributed by atoms with Crippen LogP contribution in [0.1, 0.15) is 30.2 Å². The van der Waals surface area contributed by atoms with E-state index >= 15 is 0 Å². The van der Waals surface area contributed by atoms with Crippen molar-refractivity contribution in [3.05, 3.63) is 21.9 Å². The first kappa shape index (κ1) is 8.27. The van der Waals surface area contributed by atoms with Gasteiger partial charge in [-0.2, -0.15) is 0 Å². The van der Waals surface area contributed by atoms with E-state index in [4.69, 9.17) is 5.73 Å². The minimum atomic E-state index is 0.315. The fourth-order valence-corrected chi connectivity index (χ4v) is 3.01. The summed E-state index contributed by atoms with van der Waals surface area (Å²) < 4.78 is 0. The Hall–Kier alpha value is -0.340. The maximum atomic E-state index is 5.98. The Bertz CT molecular complexity index is 284. The molecule has 1 aromatic rings. The molecule has 2 N–H and O–H groups in total. The Morgan fingerprint density at radius 2 is 2.25 bits per heavy atom. The molecule has 1 unspecified atom stereocenters. The predicted molar refractivity (Wildman–Crippen MR) is 53.6 cm³/mol. The van der Waals surface area contributed by atoms with E-state index in [9.17, 15) is 0 Å². The molecule has 1 saturated carbocycles. The lowest BCUT2D eigenvalue weighted by Gasteiger charge is -2.17. The van der Waals surface area contributed by atoms with Crippen molar-refractivity contribution in [2.24, 2.45) is 5.73 Å². The number of rotatable bonds is 2. The topological polar surface area (TPSA) is 26.0 Å². The highest BCUT2D eigenvalue weighted by atomic mass is 32.1. The Morgan fingerprint density at radius 1 is 1.58 bits per heavy atom. The number of hydrogen-bond acceptors (Lipinski definition) is 2. The Morgan fingerprint density at radius 3 is 2.58 bits per heavy atom. The molecule has 0 aromatic carbocycles. The molecule has 0 saturated heterocycles. The Balaban J connectivity index is 2.30. The highest BCUT2D eigenvalue weighted by Crippen LogP contribution is 2.52. The molecule has 1 fully saturated rings. The minimum Gasteiger partial charge on any atom is -0.327 e. The average Bonchev–Trinajstić information content (AvgIpc) is 2.71. The zero-order valence-electron chi connectivity index (χ0n) is 7.63. The quantitative estimate of drug-likeness (QED) is 0.745. The van der Waals surface area contributed by atoms with Gasteiger partial charge in [0.1, 0.15) is 0 Å². The lowest BCUT2D eigenvalue weighted by atomic mass is 9.96. The van der Waals surface area contributed by atoms with Gasteiger partial charge in [0.25, 0.3) is 0 Å². The fraction of sp³-hybridized carbons (Fsp3) is 0.600. The highest BCUT2D eigenvalue weighted by molar-refractivity contribution is 7.10. The zero-order chi connectivity index (χ0) is 8.77. The van der Waals surface area contributed by atoms with E-state index in [0.717, 1.165) is 0 Å². The maximum Gasteiger partial charge on any atom is 0.0196 e. The van der Waals surface area contributed by atoms with E-state index in [1.165, 1.54) is 23.3 Å². The van der Waals surface area contributed by atoms with Gasteiger partial charge >= 0.3 is 0 Å². The number of hydrogen-bond donors (Lipinski definition) is 1. The highest BCUT2D eigenvalue weighted by Gasteiger charge is 2.48. The van der Waals surface area contributed by atoms with Gasteiger partial charge in [-0.05, 0) is 43.7 Å². The summed E-state index contributed by atoms with van der Waals surface area (Å²) in [6, 6.07) is 2.61. The second-order valence-corrected chi connectivity index (χ2v) is 4.84. The monoisotopic (exact) mass is 181 g/mol. The number of thiophene rings is 1. The molecule has 0 radical (unpaired) electrons. The van der Waals surface area contributed by atoms with Crippen molar-refractivity contribution in [1.29, 1.82) is 0 Å². The summed E-state index contributed by atoms with van der Waals surface area (Å²) in [5.41, 5.74) is 7.72. The van der Waals surface area contributed by atoms with Crippen LogP contribution >= 0.6 is 11.3 Å². The van der Waals surface area contributed by atoms with Gasteiger partial charge in [-0.25, -0.2) is 0 Å². The van der Waals surface area contributed by atoms with E-state index < -0.39 is 0 Å². The number of aryl methyl sites for hydroxylation is 1. The smallest absolute Gasteiger partial charge is 0.0196 e. The van der Waals surface area contributed by atoms with Gasteiger partial charge in [0.05, 0.1) is 0 Å². The van der Waals surface area contributed by atoms with Crippen molar-refractivity contribution < 1.29 is 0 Å². The first-order chi connectivity index (χ1) is 5.65.